The van der Waals surface area contributed by atoms with Gasteiger partial charge in [0.2, 0.25) is 0 Å². The van der Waals surface area contributed by atoms with E-state index >= 15 is 0 Å². The normalized spacial score (nSPS) is 16.9. The second kappa shape index (κ2) is 9.77. The van der Waals surface area contributed by atoms with Crippen LogP contribution in [0.5, 0.6) is 0 Å². The molecule has 2 aromatic carbocycles. The summed E-state index contributed by atoms with van der Waals surface area (Å²) in [5, 5.41) is -1.79. The molecule has 29 heavy (non-hydrogen) atoms. The van der Waals surface area contributed by atoms with Crippen molar-refractivity contribution in [1.29, 1.82) is 0 Å². The van der Waals surface area contributed by atoms with E-state index in [1.54, 1.807) is 9.82 Å². The minimum absolute atomic E-state index is 0.314. The Morgan fingerprint density at radius 1 is 1.00 bits per heavy atom. The van der Waals surface area contributed by atoms with Gasteiger partial charge in [0.15, 0.2) is 0 Å². The van der Waals surface area contributed by atoms with Crippen LogP contribution in [0, 0.1) is 0 Å². The Bertz CT molecular complexity index is 821. The third kappa shape index (κ3) is 4.05. The number of benzene rings is 2. The van der Waals surface area contributed by atoms with Gasteiger partial charge < -0.3 is 0 Å². The Kier molecular flexibility index (Phi) is 7.81. The zero-order valence-corrected chi connectivity index (χ0v) is 24.0. The first kappa shape index (κ1) is 23.2. The third-order valence-electron chi connectivity index (χ3n) is 7.35. The van der Waals surface area contributed by atoms with Gasteiger partial charge in [0.05, 0.1) is 0 Å². The van der Waals surface area contributed by atoms with E-state index in [9.17, 15) is 0 Å². The molecule has 0 N–H and O–H groups in total. The van der Waals surface area contributed by atoms with Crippen molar-refractivity contribution >= 4 is 31.7 Å². The molecule has 0 amide bonds. The fourth-order valence-electron chi connectivity index (χ4n) is 5.34. The molecule has 0 radical (unpaired) electrons. The number of hydrogen-bond donors (Lipinski definition) is 0. The van der Waals surface area contributed by atoms with Crippen LogP contribution in [0.25, 0.3) is 0 Å². The molecule has 1 unspecified atom stereocenters. The fraction of sp³-hybridized carbons (Fsp3) is 0.360. The van der Waals surface area contributed by atoms with E-state index in [1.165, 1.54) is 18.9 Å². The second-order valence-electron chi connectivity index (χ2n) is 9.26. The molecule has 4 heteroatoms. The molecule has 0 saturated heterocycles. The molecule has 3 rings (SSSR count). The van der Waals surface area contributed by atoms with Crippen molar-refractivity contribution in [2.75, 3.05) is 0 Å². The van der Waals surface area contributed by atoms with E-state index in [1.807, 2.05) is 0 Å². The van der Waals surface area contributed by atoms with Crippen LogP contribution in [0.4, 0.5) is 0 Å². The molecule has 154 valence electrons. The molecule has 0 aliphatic heterocycles. The molecule has 0 heterocycles. The topological polar surface area (TPSA) is 0 Å². The minimum atomic E-state index is -3.26. The Labute approximate surface area is 189 Å². The van der Waals surface area contributed by atoms with Gasteiger partial charge in [-0.3, -0.25) is 0 Å². The summed E-state index contributed by atoms with van der Waals surface area (Å²) in [6.45, 7) is 10.2. The summed E-state index contributed by atoms with van der Waals surface area (Å²) in [6, 6.07) is 24.7. The molecule has 0 fully saturated rings. The van der Waals surface area contributed by atoms with E-state index in [-0.39, 0.29) is 0 Å². The van der Waals surface area contributed by atoms with Gasteiger partial charge in [-0.15, -0.1) is 0 Å². The summed E-state index contributed by atoms with van der Waals surface area (Å²) in [4.78, 5) is 0. The molecule has 0 saturated carbocycles. The van der Waals surface area contributed by atoms with E-state index in [0.717, 1.165) is 6.42 Å². The molecule has 0 bridgehead atoms. The maximum atomic E-state index is 6.92. The zero-order valence-electron chi connectivity index (χ0n) is 18.4. The number of allylic oxidation sites excluding steroid dienone is 4. The SMILES string of the molecule is CCCC[Si](C)(C(C)(C)[SiH2]Cl)[Zr]([C]1=CC=CC1)([c]1ccccc1)[c]1ccccc1. The Hall–Kier alpha value is -0.473. The van der Waals surface area contributed by atoms with Gasteiger partial charge >= 0.3 is 191 Å². The Balaban J connectivity index is 2.43. The van der Waals surface area contributed by atoms with Crippen molar-refractivity contribution in [3.05, 3.63) is 82.2 Å². The predicted molar refractivity (Wildman–Crippen MR) is 134 cm³/mol. The number of unbranched alkanes of at least 4 members (excludes halogenated alkanes) is 1. The fourth-order valence-corrected chi connectivity index (χ4v) is 61.1. The monoisotopic (exact) mass is 516 g/mol. The van der Waals surface area contributed by atoms with Crippen molar-refractivity contribution in [3.8, 4) is 0 Å². The summed E-state index contributed by atoms with van der Waals surface area (Å²) in [5.74, 6) is 0. The molecule has 1 aliphatic rings. The zero-order chi connectivity index (χ0) is 21.0. The van der Waals surface area contributed by atoms with E-state index in [0.29, 0.717) is 4.66 Å². The summed E-state index contributed by atoms with van der Waals surface area (Å²) in [5.41, 5.74) is 0. The van der Waals surface area contributed by atoms with E-state index in [2.05, 4.69) is 106 Å². The predicted octanol–water partition coefficient (Wildman–Crippen LogP) is 6.07. The quantitative estimate of drug-likeness (QED) is 0.279. The van der Waals surface area contributed by atoms with Gasteiger partial charge in [-0.05, 0) is 0 Å². The van der Waals surface area contributed by atoms with Crippen LogP contribution in [-0.4, -0.2) is 14.0 Å². The molecular weight excluding hydrogens is 483 g/mol. The van der Waals surface area contributed by atoms with Gasteiger partial charge in [-0.25, -0.2) is 0 Å². The Morgan fingerprint density at radius 3 is 1.97 bits per heavy atom. The number of halogens is 1. The first-order valence-electron chi connectivity index (χ1n) is 11.0. The van der Waals surface area contributed by atoms with Crippen molar-refractivity contribution in [3.63, 3.8) is 0 Å². The van der Waals surface area contributed by atoms with Crippen molar-refractivity contribution in [1.82, 2.24) is 0 Å². The van der Waals surface area contributed by atoms with Gasteiger partial charge in [-0.2, -0.15) is 0 Å². The van der Waals surface area contributed by atoms with Crippen LogP contribution in [0.2, 0.25) is 17.3 Å². The second-order valence-corrected chi connectivity index (χ2v) is 38.0. The van der Waals surface area contributed by atoms with Crippen LogP contribution < -0.4 is 6.54 Å². The van der Waals surface area contributed by atoms with Gasteiger partial charge in [-0.1, -0.05) is 0 Å². The van der Waals surface area contributed by atoms with Crippen LogP contribution in [0.1, 0.15) is 40.0 Å². The van der Waals surface area contributed by atoms with Crippen LogP contribution in [-0.2, 0) is 19.4 Å². The van der Waals surface area contributed by atoms with Crippen LogP contribution >= 0.6 is 11.1 Å². The number of hydrogen-bond acceptors (Lipinski definition) is 0. The summed E-state index contributed by atoms with van der Waals surface area (Å²) >= 11 is 3.66. The van der Waals surface area contributed by atoms with Gasteiger partial charge in [0, 0.05) is 0 Å². The van der Waals surface area contributed by atoms with Crippen LogP contribution in [0.3, 0.4) is 0 Å². The molecule has 1 aliphatic carbocycles. The Morgan fingerprint density at radius 2 is 1.55 bits per heavy atom. The van der Waals surface area contributed by atoms with Crippen molar-refractivity contribution in [2.45, 2.75) is 57.3 Å². The molecular formula is C25H35ClSi2Zr. The summed E-state index contributed by atoms with van der Waals surface area (Å²) < 4.78 is 5.42. The summed E-state index contributed by atoms with van der Waals surface area (Å²) in [7, 11) is -0.668. The standard InChI is InChI=1S/C8H20ClSi2.2C6H5.C5H5.Zr/c1-5-6-7-11(4)8(2,3)10-9;2*1-2-4-6-5-3-1;1-2-4-5-3-1;/h5-7,10H2,1-4H3;2*1-5H;1-3H,4H2;. The first-order valence-corrected chi connectivity index (χ1v) is 23.9. The van der Waals surface area contributed by atoms with Crippen LogP contribution in [0.15, 0.2) is 82.2 Å². The van der Waals surface area contributed by atoms with Crippen molar-refractivity contribution in [2.24, 2.45) is 0 Å². The maximum absolute atomic E-state index is 6.92. The average Bonchev–Trinajstić information content (AvgIpc) is 3.29. The van der Waals surface area contributed by atoms with Gasteiger partial charge in [0.25, 0.3) is 0 Å². The molecule has 0 nitrogen and oxygen atoms in total. The molecule has 1 atom stereocenters. The average molecular weight is 518 g/mol. The third-order valence-corrected chi connectivity index (χ3v) is 55.7. The van der Waals surface area contributed by atoms with E-state index < -0.39 is 33.5 Å². The molecule has 0 spiro atoms. The van der Waals surface area contributed by atoms with E-state index in [4.69, 9.17) is 11.1 Å². The first-order chi connectivity index (χ1) is 13.9. The summed E-state index contributed by atoms with van der Waals surface area (Å²) in [6.07, 6.45) is 10.9. The van der Waals surface area contributed by atoms with Gasteiger partial charge in [0.1, 0.15) is 0 Å². The molecule has 0 aromatic heterocycles. The van der Waals surface area contributed by atoms with Crippen molar-refractivity contribution < 1.29 is 19.4 Å². The number of rotatable bonds is 9. The molecule has 2 aromatic rings.